The molecule has 7 nitrogen and oxygen atoms in total. The number of sulfonamides is 1. The molecule has 1 heterocycles. The monoisotopic (exact) mass is 283 g/mol. The summed E-state index contributed by atoms with van der Waals surface area (Å²) in [5.41, 5.74) is 5.81. The Morgan fingerprint density at radius 1 is 1.37 bits per heavy atom. The summed E-state index contributed by atoms with van der Waals surface area (Å²) < 4.78 is 26.3. The summed E-state index contributed by atoms with van der Waals surface area (Å²) >= 11 is 0. The lowest BCUT2D eigenvalue weighted by molar-refractivity contribution is -0.137. The van der Waals surface area contributed by atoms with Crippen molar-refractivity contribution in [2.45, 2.75) is 17.4 Å². The Hall–Kier alpha value is -1.93. The second kappa shape index (κ2) is 4.63. The Labute approximate surface area is 110 Å². The van der Waals surface area contributed by atoms with Crippen LogP contribution in [0.25, 0.3) is 0 Å². The molecule has 1 aliphatic heterocycles. The molecule has 8 heteroatoms. The van der Waals surface area contributed by atoms with Gasteiger partial charge in [-0.3, -0.25) is 14.5 Å². The highest BCUT2D eigenvalue weighted by atomic mass is 32.2. The van der Waals surface area contributed by atoms with Crippen LogP contribution >= 0.6 is 0 Å². The number of hydrogen-bond acceptors (Lipinski definition) is 5. The fourth-order valence-electron chi connectivity index (χ4n) is 1.78. The zero-order valence-electron chi connectivity index (χ0n) is 10.2. The maximum Gasteiger partial charge on any atom is 0.247 e. The fourth-order valence-corrected chi connectivity index (χ4v) is 3.03. The maximum atomic E-state index is 12.1. The standard InChI is InChI=1S/C11H13N3O4S/c1-14-10(15)6-9(11(14)16)13-19(17,18)8-4-2-3-7(12)5-8/h2-5,9,13H,6,12H2,1H3. The van der Waals surface area contributed by atoms with E-state index in [1.807, 2.05) is 0 Å². The molecule has 0 saturated carbocycles. The minimum atomic E-state index is -3.88. The predicted octanol–water partition coefficient (Wildman–Crippen LogP) is -0.696. The maximum absolute atomic E-state index is 12.1. The van der Waals surface area contributed by atoms with Gasteiger partial charge in [0, 0.05) is 12.7 Å². The lowest BCUT2D eigenvalue weighted by Crippen LogP contribution is -2.40. The Balaban J connectivity index is 2.24. The van der Waals surface area contributed by atoms with Crippen molar-refractivity contribution in [3.8, 4) is 0 Å². The molecule has 0 bridgehead atoms. The van der Waals surface area contributed by atoms with E-state index in [-0.39, 0.29) is 11.3 Å². The molecule has 1 saturated heterocycles. The molecule has 1 fully saturated rings. The van der Waals surface area contributed by atoms with Crippen LogP contribution < -0.4 is 10.5 Å². The third-order valence-electron chi connectivity index (χ3n) is 2.85. The number of hydrogen-bond donors (Lipinski definition) is 2. The van der Waals surface area contributed by atoms with Crippen LogP contribution in [0.4, 0.5) is 5.69 Å². The van der Waals surface area contributed by atoms with Crippen LogP contribution in [0.3, 0.4) is 0 Å². The van der Waals surface area contributed by atoms with E-state index in [1.54, 1.807) is 6.07 Å². The average molecular weight is 283 g/mol. The number of carbonyl (C=O) groups is 2. The number of benzene rings is 1. The zero-order chi connectivity index (χ0) is 14.2. The molecule has 0 aromatic heterocycles. The second-order valence-corrected chi connectivity index (χ2v) is 5.96. The molecule has 1 aliphatic rings. The Morgan fingerprint density at radius 3 is 2.58 bits per heavy atom. The van der Waals surface area contributed by atoms with Gasteiger partial charge in [-0.2, -0.15) is 4.72 Å². The molecule has 0 spiro atoms. The highest BCUT2D eigenvalue weighted by molar-refractivity contribution is 7.89. The van der Waals surface area contributed by atoms with Crippen molar-refractivity contribution in [3.63, 3.8) is 0 Å². The number of likely N-dealkylation sites (tertiary alicyclic amines) is 1. The number of anilines is 1. The van der Waals surface area contributed by atoms with Crippen LogP contribution in [0, 0.1) is 0 Å². The molecule has 3 N–H and O–H groups in total. The second-order valence-electron chi connectivity index (χ2n) is 4.24. The lowest BCUT2D eigenvalue weighted by atomic mass is 10.3. The van der Waals surface area contributed by atoms with Crippen molar-refractivity contribution >= 4 is 27.5 Å². The quantitative estimate of drug-likeness (QED) is 0.563. The van der Waals surface area contributed by atoms with Crippen molar-refractivity contribution in [2.75, 3.05) is 12.8 Å². The smallest absolute Gasteiger partial charge is 0.247 e. The summed E-state index contributed by atoms with van der Waals surface area (Å²) in [4.78, 5) is 23.8. The number of nitrogens with two attached hydrogens (primary N) is 1. The molecule has 2 amide bonds. The summed E-state index contributed by atoms with van der Waals surface area (Å²) in [6, 6.07) is 4.65. The Morgan fingerprint density at radius 2 is 2.05 bits per heavy atom. The largest absolute Gasteiger partial charge is 0.399 e. The van der Waals surface area contributed by atoms with Gasteiger partial charge >= 0.3 is 0 Å². The molecule has 1 atom stereocenters. The SMILES string of the molecule is CN1C(=O)CC(NS(=O)(=O)c2cccc(N)c2)C1=O. The average Bonchev–Trinajstić information content (AvgIpc) is 2.57. The number of rotatable bonds is 3. The van der Waals surface area contributed by atoms with Crippen LogP contribution in [0.1, 0.15) is 6.42 Å². The van der Waals surface area contributed by atoms with Gasteiger partial charge in [-0.15, -0.1) is 0 Å². The van der Waals surface area contributed by atoms with Gasteiger partial charge in [-0.1, -0.05) is 6.07 Å². The van der Waals surface area contributed by atoms with Gasteiger partial charge in [0.05, 0.1) is 11.3 Å². The van der Waals surface area contributed by atoms with Gasteiger partial charge in [0.15, 0.2) is 0 Å². The number of amides is 2. The molecule has 102 valence electrons. The molecule has 1 aromatic carbocycles. The molecular formula is C11H13N3O4S. The Bertz CT molecular complexity index is 641. The third kappa shape index (κ3) is 2.59. The highest BCUT2D eigenvalue weighted by Crippen LogP contribution is 2.17. The summed E-state index contributed by atoms with van der Waals surface area (Å²) in [5.74, 6) is -0.970. The van der Waals surface area contributed by atoms with E-state index in [2.05, 4.69) is 4.72 Å². The predicted molar refractivity (Wildman–Crippen MR) is 67.4 cm³/mol. The first-order valence-electron chi connectivity index (χ1n) is 5.49. The first kappa shape index (κ1) is 13.5. The van der Waals surface area contributed by atoms with Crippen molar-refractivity contribution in [3.05, 3.63) is 24.3 Å². The highest BCUT2D eigenvalue weighted by Gasteiger charge is 2.38. The van der Waals surface area contributed by atoms with E-state index in [0.717, 1.165) is 4.90 Å². The van der Waals surface area contributed by atoms with E-state index in [9.17, 15) is 18.0 Å². The van der Waals surface area contributed by atoms with Crippen LogP contribution in [0.5, 0.6) is 0 Å². The fraction of sp³-hybridized carbons (Fsp3) is 0.273. The van der Waals surface area contributed by atoms with E-state index in [1.165, 1.54) is 25.2 Å². The van der Waals surface area contributed by atoms with E-state index >= 15 is 0 Å². The van der Waals surface area contributed by atoms with Gasteiger partial charge in [0.25, 0.3) is 0 Å². The van der Waals surface area contributed by atoms with Crippen LogP contribution in [-0.4, -0.2) is 38.2 Å². The molecule has 19 heavy (non-hydrogen) atoms. The van der Waals surface area contributed by atoms with Gasteiger partial charge in [0.1, 0.15) is 6.04 Å². The minimum absolute atomic E-state index is 0.0395. The number of carbonyl (C=O) groups excluding carboxylic acids is 2. The number of imide groups is 1. The Kier molecular flexibility index (Phi) is 3.29. The number of nitrogens with one attached hydrogen (secondary N) is 1. The number of nitrogen functional groups attached to an aromatic ring is 1. The van der Waals surface area contributed by atoms with Crippen molar-refractivity contribution in [1.29, 1.82) is 0 Å². The van der Waals surface area contributed by atoms with Crippen molar-refractivity contribution < 1.29 is 18.0 Å². The van der Waals surface area contributed by atoms with Crippen LogP contribution in [0.2, 0.25) is 0 Å². The third-order valence-corrected chi connectivity index (χ3v) is 4.32. The zero-order valence-corrected chi connectivity index (χ0v) is 11.0. The summed E-state index contributed by atoms with van der Waals surface area (Å²) in [5, 5.41) is 0. The van der Waals surface area contributed by atoms with Crippen LogP contribution in [-0.2, 0) is 19.6 Å². The van der Waals surface area contributed by atoms with Gasteiger partial charge in [-0.25, -0.2) is 8.42 Å². The summed E-state index contributed by atoms with van der Waals surface area (Å²) in [6.45, 7) is 0. The molecule has 1 unspecified atom stereocenters. The normalized spacial score (nSPS) is 20.1. The summed E-state index contributed by atoms with van der Waals surface area (Å²) in [6.07, 6.45) is -0.170. The van der Waals surface area contributed by atoms with Gasteiger partial charge in [-0.05, 0) is 18.2 Å². The summed E-state index contributed by atoms with van der Waals surface area (Å²) in [7, 11) is -2.56. The molecule has 1 aromatic rings. The van der Waals surface area contributed by atoms with Gasteiger partial charge in [0.2, 0.25) is 21.8 Å². The molecule has 0 radical (unpaired) electrons. The number of nitrogens with zero attached hydrogens (tertiary/aromatic N) is 1. The number of likely N-dealkylation sites (N-methyl/N-ethyl adjacent to an activating group) is 1. The van der Waals surface area contributed by atoms with Crippen molar-refractivity contribution in [1.82, 2.24) is 9.62 Å². The lowest BCUT2D eigenvalue weighted by Gasteiger charge is -2.12. The topological polar surface area (TPSA) is 110 Å². The first-order chi connectivity index (χ1) is 8.81. The van der Waals surface area contributed by atoms with Crippen LogP contribution in [0.15, 0.2) is 29.2 Å². The molecular weight excluding hydrogens is 270 g/mol. The first-order valence-corrected chi connectivity index (χ1v) is 6.98. The minimum Gasteiger partial charge on any atom is -0.399 e. The molecule has 2 rings (SSSR count). The van der Waals surface area contributed by atoms with E-state index in [0.29, 0.717) is 5.69 Å². The van der Waals surface area contributed by atoms with Gasteiger partial charge < -0.3 is 5.73 Å². The van der Waals surface area contributed by atoms with E-state index < -0.39 is 27.9 Å². The van der Waals surface area contributed by atoms with E-state index in [4.69, 9.17) is 5.73 Å². The van der Waals surface area contributed by atoms with Crippen molar-refractivity contribution in [2.24, 2.45) is 0 Å². The molecule has 0 aliphatic carbocycles.